The molecule has 0 spiro atoms. The van der Waals surface area contributed by atoms with E-state index in [4.69, 9.17) is 0 Å². The summed E-state index contributed by atoms with van der Waals surface area (Å²) in [5, 5.41) is 0. The number of alkyl halides is 2. The molecule has 1 nitrogen and oxygen atoms in total. The summed E-state index contributed by atoms with van der Waals surface area (Å²) in [4.78, 5) is 0. The van der Waals surface area contributed by atoms with Gasteiger partial charge in [-0.15, -0.1) is 0 Å². The number of rotatable bonds is 7. The van der Waals surface area contributed by atoms with E-state index in [1.807, 2.05) is 6.92 Å². The summed E-state index contributed by atoms with van der Waals surface area (Å²) in [7, 11) is 0. The van der Waals surface area contributed by atoms with Crippen molar-refractivity contribution in [2.75, 3.05) is 0 Å². The zero-order valence-electron chi connectivity index (χ0n) is 21.8. The fourth-order valence-corrected chi connectivity index (χ4v) is 4.11. The second-order valence-electron chi connectivity index (χ2n) is 9.24. The van der Waals surface area contributed by atoms with Crippen molar-refractivity contribution in [2.45, 2.75) is 32.3 Å². The van der Waals surface area contributed by atoms with Crippen molar-refractivity contribution in [3.8, 4) is 28.7 Å². The summed E-state index contributed by atoms with van der Waals surface area (Å²) in [6.45, 7) is 1.89. The Labute approximate surface area is 237 Å². The summed E-state index contributed by atoms with van der Waals surface area (Å²) < 4.78 is 161. The van der Waals surface area contributed by atoms with Crippen molar-refractivity contribution in [1.82, 2.24) is 0 Å². The molecule has 0 aliphatic heterocycles. The zero-order chi connectivity index (χ0) is 31.6. The molecule has 0 aromatic heterocycles. The fourth-order valence-electron chi connectivity index (χ4n) is 4.11. The van der Waals surface area contributed by atoms with Gasteiger partial charge in [0.2, 0.25) is 0 Å². The molecule has 0 aliphatic carbocycles. The molecule has 0 radical (unpaired) electrons. The van der Waals surface area contributed by atoms with Crippen molar-refractivity contribution in [2.24, 2.45) is 0 Å². The molecule has 0 fully saturated rings. The molecule has 224 valence electrons. The molecule has 0 N–H and O–H groups in total. The molecule has 0 unspecified atom stereocenters. The second kappa shape index (κ2) is 12.4. The van der Waals surface area contributed by atoms with Gasteiger partial charge in [0.05, 0.1) is 11.1 Å². The van der Waals surface area contributed by atoms with Crippen molar-refractivity contribution in [3.05, 3.63) is 123 Å². The van der Waals surface area contributed by atoms with E-state index in [1.54, 1.807) is 0 Å². The first-order chi connectivity index (χ1) is 20.2. The average Bonchev–Trinajstić information content (AvgIpc) is 2.88. The second-order valence-corrected chi connectivity index (χ2v) is 9.24. The third kappa shape index (κ3) is 6.77. The molecule has 4 aromatic rings. The quantitative estimate of drug-likeness (QED) is 0.115. The van der Waals surface area contributed by atoms with E-state index < -0.39 is 92.0 Å². The lowest BCUT2D eigenvalue weighted by molar-refractivity contribution is -0.189. The molecule has 0 saturated carbocycles. The van der Waals surface area contributed by atoms with Crippen LogP contribution in [0.1, 0.15) is 42.0 Å². The van der Waals surface area contributed by atoms with Gasteiger partial charge < -0.3 is 4.74 Å². The van der Waals surface area contributed by atoms with E-state index in [0.29, 0.717) is 30.5 Å². The normalized spacial score (nSPS) is 11.3. The van der Waals surface area contributed by atoms with Crippen LogP contribution in [0.4, 0.5) is 48.3 Å². The highest BCUT2D eigenvalue weighted by atomic mass is 19.3. The first kappa shape index (κ1) is 31.4. The molecule has 43 heavy (non-hydrogen) atoms. The molecular weight excluding hydrogens is 597 g/mol. The summed E-state index contributed by atoms with van der Waals surface area (Å²) >= 11 is 0. The smallest absolute Gasteiger partial charge is 0.429 e. The summed E-state index contributed by atoms with van der Waals surface area (Å²) in [6, 6.07) is 3.59. The number of hydrogen-bond donors (Lipinski definition) is 0. The van der Waals surface area contributed by atoms with Gasteiger partial charge in [-0.3, -0.25) is 0 Å². The lowest BCUT2D eigenvalue weighted by atomic mass is 10.0. The van der Waals surface area contributed by atoms with Crippen LogP contribution >= 0.6 is 0 Å². The fraction of sp³-hybridized carbons (Fsp3) is 0.161. The van der Waals surface area contributed by atoms with Gasteiger partial charge in [0.15, 0.2) is 17.5 Å². The number of unbranched alkanes of at least 4 members (excludes halogenated alkanes) is 1. The van der Waals surface area contributed by atoms with E-state index in [9.17, 15) is 48.3 Å². The van der Waals surface area contributed by atoms with Gasteiger partial charge in [-0.25, -0.2) is 39.5 Å². The molecule has 4 rings (SSSR count). The third-order valence-corrected chi connectivity index (χ3v) is 6.12. The van der Waals surface area contributed by atoms with Gasteiger partial charge >= 0.3 is 6.11 Å². The summed E-state index contributed by atoms with van der Waals surface area (Å²) in [5.41, 5.74) is -4.84. The van der Waals surface area contributed by atoms with E-state index >= 15 is 0 Å². The number of aryl methyl sites for hydroxylation is 1. The topological polar surface area (TPSA) is 9.23 Å². The van der Waals surface area contributed by atoms with E-state index in [1.165, 1.54) is 0 Å². The molecule has 0 bridgehead atoms. The minimum absolute atomic E-state index is 0.151. The minimum atomic E-state index is -4.87. The molecule has 4 aromatic carbocycles. The standard InChI is InChI=1S/C31H17F11O/c1-2-3-4-15-7-20(32)19(21(33)8-15)6-5-16-9-24(36)29(25(37)10-16)31(41,42)43-18-13-22(34)28(23(35)14-18)17-11-26(38)30(40)27(39)12-17/h7-14H,2-4H2,1H3. The number of hydrogen-bond acceptors (Lipinski definition) is 1. The lowest BCUT2D eigenvalue weighted by Crippen LogP contribution is -2.25. The Morgan fingerprint density at radius 3 is 1.67 bits per heavy atom. The summed E-state index contributed by atoms with van der Waals surface area (Å²) in [6.07, 6.45) is -3.01. The monoisotopic (exact) mass is 614 g/mol. The molecule has 12 heteroatoms. The first-order valence-corrected chi connectivity index (χ1v) is 12.4. The van der Waals surface area contributed by atoms with E-state index in [0.717, 1.165) is 18.6 Å². The highest BCUT2D eigenvalue weighted by Crippen LogP contribution is 2.38. The van der Waals surface area contributed by atoms with Gasteiger partial charge in [-0.1, -0.05) is 25.2 Å². The number of benzene rings is 4. The Hall–Kier alpha value is -4.53. The average molecular weight is 614 g/mol. The Morgan fingerprint density at radius 1 is 0.628 bits per heavy atom. The Kier molecular flexibility index (Phi) is 9.04. The minimum Gasteiger partial charge on any atom is -0.429 e. The van der Waals surface area contributed by atoms with Crippen molar-refractivity contribution >= 4 is 0 Å². The van der Waals surface area contributed by atoms with Gasteiger partial charge in [-0.2, -0.15) is 8.78 Å². The van der Waals surface area contributed by atoms with Crippen LogP contribution in [0.25, 0.3) is 11.1 Å². The Morgan fingerprint density at radius 2 is 1.16 bits per heavy atom. The zero-order valence-corrected chi connectivity index (χ0v) is 21.8. The van der Waals surface area contributed by atoms with Crippen LogP contribution in [0.3, 0.4) is 0 Å². The summed E-state index contributed by atoms with van der Waals surface area (Å²) in [5.74, 6) is -11.8. The molecule has 0 heterocycles. The van der Waals surface area contributed by atoms with Gasteiger partial charge in [-0.05, 0) is 60.4 Å². The van der Waals surface area contributed by atoms with E-state index in [-0.39, 0.29) is 24.3 Å². The van der Waals surface area contributed by atoms with Crippen LogP contribution in [0.2, 0.25) is 0 Å². The highest BCUT2D eigenvalue weighted by molar-refractivity contribution is 5.66. The molecule has 0 atom stereocenters. The Balaban J connectivity index is 1.62. The van der Waals surface area contributed by atoms with E-state index in [2.05, 4.69) is 16.6 Å². The van der Waals surface area contributed by atoms with Gasteiger partial charge in [0.1, 0.15) is 46.2 Å². The largest absolute Gasteiger partial charge is 0.432 e. The number of halogens is 11. The predicted molar refractivity (Wildman–Crippen MR) is 133 cm³/mol. The molecule has 0 saturated heterocycles. The van der Waals surface area contributed by atoms with Crippen molar-refractivity contribution in [3.63, 3.8) is 0 Å². The first-order valence-electron chi connectivity index (χ1n) is 12.4. The maximum Gasteiger partial charge on any atom is 0.432 e. The third-order valence-electron chi connectivity index (χ3n) is 6.12. The van der Waals surface area contributed by atoms with Crippen LogP contribution in [0, 0.1) is 64.2 Å². The Bertz CT molecular complexity index is 1680. The van der Waals surface area contributed by atoms with Crippen LogP contribution in [0.15, 0.2) is 48.5 Å². The molecule has 0 aliphatic rings. The van der Waals surface area contributed by atoms with Crippen molar-refractivity contribution < 1.29 is 53.0 Å². The molecule has 0 amide bonds. The maximum atomic E-state index is 14.8. The molecular formula is C31H17F11O. The van der Waals surface area contributed by atoms with Crippen LogP contribution < -0.4 is 4.74 Å². The van der Waals surface area contributed by atoms with Crippen molar-refractivity contribution in [1.29, 1.82) is 0 Å². The van der Waals surface area contributed by atoms with Crippen LogP contribution in [-0.4, -0.2) is 0 Å². The highest BCUT2D eigenvalue weighted by Gasteiger charge is 2.41. The number of ether oxygens (including phenoxy) is 1. The lowest BCUT2D eigenvalue weighted by Gasteiger charge is -2.20. The van der Waals surface area contributed by atoms with Gasteiger partial charge in [0.25, 0.3) is 0 Å². The predicted octanol–water partition coefficient (Wildman–Crippen LogP) is 9.48. The van der Waals surface area contributed by atoms with Crippen LogP contribution in [-0.2, 0) is 12.5 Å². The van der Waals surface area contributed by atoms with Gasteiger partial charge in [0, 0.05) is 17.7 Å². The van der Waals surface area contributed by atoms with Crippen LogP contribution in [0.5, 0.6) is 5.75 Å². The maximum absolute atomic E-state index is 14.8. The SMILES string of the molecule is CCCCc1cc(F)c(C#Cc2cc(F)c(C(F)(F)Oc3cc(F)c(-c4cc(F)c(F)c(F)c4)c(F)c3)c(F)c2)c(F)c1.